The number of hydrogen-bond donors (Lipinski definition) is 4. The summed E-state index contributed by atoms with van der Waals surface area (Å²) in [5.41, 5.74) is -4.37. The van der Waals surface area contributed by atoms with Crippen LogP contribution in [0, 0.1) is 17.5 Å². The van der Waals surface area contributed by atoms with Gasteiger partial charge in [-0.3, -0.25) is 18.7 Å². The van der Waals surface area contributed by atoms with Crippen LogP contribution in [0.2, 0.25) is 19.6 Å². The standard InChI is InChI=1S/C26H30F3N3O10P2Si/c1-14-12-30(7-8-31(14)25(35)42-26(43(36,37)38)44(39,40)41)22-11-21-16(10-19(22)29)23(33)17(24(34)45(2,3)4)13-32(21)20-6-5-15(27)9-18(20)28/h5-6,9-11,13-14,26H,7-8,12H2,1-4H3,(H2,36,37,38)(H2,39,40,41). The minimum Gasteiger partial charge on any atom is -0.420 e. The molecule has 4 rings (SSSR count). The number of ether oxygens (including phenoxy) is 1. The van der Waals surface area contributed by atoms with E-state index in [1.54, 1.807) is 19.6 Å². The summed E-state index contributed by atoms with van der Waals surface area (Å²) in [5, 5.41) is -0.688. The molecule has 1 unspecified atom stereocenters. The van der Waals surface area contributed by atoms with E-state index in [1.807, 2.05) is 0 Å². The van der Waals surface area contributed by atoms with E-state index in [9.17, 15) is 47.5 Å². The van der Waals surface area contributed by atoms with E-state index in [2.05, 4.69) is 4.74 Å². The number of nitrogens with zero attached hydrogens (tertiary/aromatic N) is 3. The lowest BCUT2D eigenvalue weighted by molar-refractivity contribution is 0.0776. The van der Waals surface area contributed by atoms with Crippen LogP contribution in [0.3, 0.4) is 0 Å². The molecule has 1 fully saturated rings. The largest absolute Gasteiger partial charge is 0.420 e. The Bertz CT molecular complexity index is 1830. The average molecular weight is 692 g/mol. The number of fused-ring (bicyclic) bond motifs is 1. The van der Waals surface area contributed by atoms with Gasteiger partial charge in [-0.1, -0.05) is 19.6 Å². The van der Waals surface area contributed by atoms with Gasteiger partial charge in [0, 0.05) is 43.3 Å². The van der Waals surface area contributed by atoms with Crippen molar-refractivity contribution >= 4 is 51.4 Å². The van der Waals surface area contributed by atoms with Crippen LogP contribution in [0.15, 0.2) is 41.3 Å². The highest BCUT2D eigenvalue weighted by Crippen LogP contribution is 2.60. The summed E-state index contributed by atoms with van der Waals surface area (Å²) in [7, 11) is -13.7. The normalized spacial score (nSPS) is 16.4. The Morgan fingerprint density at radius 3 is 2.09 bits per heavy atom. The Labute approximate surface area is 255 Å². The summed E-state index contributed by atoms with van der Waals surface area (Å²) in [5.74, 6) is -2.78. The van der Waals surface area contributed by atoms with Crippen LogP contribution in [0.4, 0.5) is 23.7 Å². The molecule has 0 aliphatic carbocycles. The van der Waals surface area contributed by atoms with Crippen molar-refractivity contribution in [2.45, 2.75) is 38.2 Å². The molecule has 1 amide bonds. The Morgan fingerprint density at radius 2 is 1.56 bits per heavy atom. The van der Waals surface area contributed by atoms with E-state index < -0.39 is 69.3 Å². The molecule has 19 heteroatoms. The highest BCUT2D eigenvalue weighted by molar-refractivity contribution is 7.70. The molecule has 1 aromatic heterocycles. The predicted octanol–water partition coefficient (Wildman–Crippen LogP) is 3.75. The zero-order valence-corrected chi connectivity index (χ0v) is 27.1. The molecule has 2 aromatic carbocycles. The fourth-order valence-corrected chi connectivity index (χ4v) is 7.97. The number of piperazine rings is 1. The fraction of sp³-hybridized carbons (Fsp3) is 0.346. The van der Waals surface area contributed by atoms with Crippen LogP contribution in [0.1, 0.15) is 17.3 Å². The van der Waals surface area contributed by atoms with Gasteiger partial charge in [0.05, 0.1) is 22.5 Å². The Hall–Kier alpha value is -3.30. The van der Waals surface area contributed by atoms with Gasteiger partial charge in [0.2, 0.25) is 0 Å². The number of pyridine rings is 1. The molecule has 0 bridgehead atoms. The van der Waals surface area contributed by atoms with Gasteiger partial charge in [0.1, 0.15) is 30.9 Å². The summed E-state index contributed by atoms with van der Waals surface area (Å²) in [6.07, 6.45) is -0.267. The first kappa shape index (κ1) is 34.6. The lowest BCUT2D eigenvalue weighted by Gasteiger charge is -2.40. The third-order valence-corrected chi connectivity index (χ3v) is 12.0. The van der Waals surface area contributed by atoms with Crippen molar-refractivity contribution in [1.82, 2.24) is 9.47 Å². The molecule has 244 valence electrons. The maximum absolute atomic E-state index is 15.7. The zero-order valence-electron chi connectivity index (χ0n) is 24.3. The van der Waals surface area contributed by atoms with E-state index in [1.165, 1.54) is 22.5 Å². The average Bonchev–Trinajstić information content (AvgIpc) is 2.90. The molecule has 2 heterocycles. The number of benzene rings is 2. The monoisotopic (exact) mass is 691 g/mol. The fourth-order valence-electron chi connectivity index (χ4n) is 4.96. The third-order valence-electron chi connectivity index (χ3n) is 7.15. The minimum atomic E-state index is -5.56. The van der Waals surface area contributed by atoms with E-state index >= 15 is 8.78 Å². The van der Waals surface area contributed by atoms with Crippen molar-refractivity contribution in [3.8, 4) is 5.69 Å². The smallest absolute Gasteiger partial charge is 0.411 e. The maximum atomic E-state index is 15.7. The van der Waals surface area contributed by atoms with E-state index in [0.29, 0.717) is 6.07 Å². The molecule has 13 nitrogen and oxygen atoms in total. The first-order valence-electron chi connectivity index (χ1n) is 13.3. The zero-order chi connectivity index (χ0) is 33.8. The van der Waals surface area contributed by atoms with Gasteiger partial charge in [0.15, 0.2) is 5.43 Å². The first-order valence-corrected chi connectivity index (χ1v) is 20.2. The first-order chi connectivity index (χ1) is 20.6. The highest BCUT2D eigenvalue weighted by atomic mass is 31.2. The second-order valence-corrected chi connectivity index (χ2v) is 20.3. The van der Waals surface area contributed by atoms with Gasteiger partial charge >= 0.3 is 26.9 Å². The SMILES string of the molecule is CC1CN(c2cc3c(cc2F)c(=O)c(C(=O)[Si](C)(C)C)cn3-c2ccc(F)cc2F)CCN1C(=O)OC(P(=O)(O)O)P(=O)(O)O. The number of aromatic nitrogens is 1. The minimum absolute atomic E-state index is 0.00495. The van der Waals surface area contributed by atoms with Crippen LogP contribution in [0.5, 0.6) is 0 Å². The topological polar surface area (TPSA) is 187 Å². The number of carbonyl (C=O) groups excluding carboxylic acids is 2. The van der Waals surface area contributed by atoms with Crippen LogP contribution in [0.25, 0.3) is 16.6 Å². The molecule has 1 aliphatic rings. The number of rotatable bonds is 7. The second-order valence-electron chi connectivity index (χ2n) is 11.6. The maximum Gasteiger partial charge on any atom is 0.411 e. The summed E-state index contributed by atoms with van der Waals surface area (Å²) >= 11 is 0. The van der Waals surface area contributed by atoms with Crippen molar-refractivity contribution in [3.63, 3.8) is 0 Å². The Morgan fingerprint density at radius 1 is 0.956 bits per heavy atom. The lowest BCUT2D eigenvalue weighted by atomic mass is 10.1. The van der Waals surface area contributed by atoms with E-state index in [0.717, 1.165) is 29.3 Å². The Kier molecular flexibility index (Phi) is 9.32. The number of anilines is 1. The van der Waals surface area contributed by atoms with Gasteiger partial charge in [-0.2, -0.15) is 0 Å². The van der Waals surface area contributed by atoms with Crippen molar-refractivity contribution in [2.24, 2.45) is 0 Å². The predicted molar refractivity (Wildman–Crippen MR) is 160 cm³/mol. The van der Waals surface area contributed by atoms with Gasteiger partial charge in [-0.25, -0.2) is 18.0 Å². The van der Waals surface area contributed by atoms with Gasteiger partial charge in [0.25, 0.3) is 0 Å². The van der Waals surface area contributed by atoms with Crippen LogP contribution in [-0.4, -0.2) is 79.9 Å². The highest BCUT2D eigenvalue weighted by Gasteiger charge is 2.48. The molecule has 0 radical (unpaired) electrons. The molecular weight excluding hydrogens is 661 g/mol. The lowest BCUT2D eigenvalue weighted by Crippen LogP contribution is -2.54. The molecular formula is C26H30F3N3O10P2Si. The second kappa shape index (κ2) is 12.1. The number of hydrogen-bond acceptors (Lipinski definition) is 7. The van der Waals surface area contributed by atoms with Crippen LogP contribution in [-0.2, 0) is 13.9 Å². The molecule has 1 atom stereocenters. The number of amides is 1. The Balaban J connectivity index is 1.76. The van der Waals surface area contributed by atoms with E-state index in [-0.39, 0.29) is 47.5 Å². The molecule has 1 aliphatic heterocycles. The van der Waals surface area contributed by atoms with Crippen molar-refractivity contribution in [2.75, 3.05) is 24.5 Å². The van der Waals surface area contributed by atoms with Crippen LogP contribution < -0.4 is 10.3 Å². The molecule has 0 spiro atoms. The van der Waals surface area contributed by atoms with Gasteiger partial charge < -0.3 is 38.7 Å². The summed E-state index contributed by atoms with van der Waals surface area (Å²) in [6.45, 7) is 6.13. The molecule has 3 aromatic rings. The third kappa shape index (κ3) is 7.09. The molecule has 1 saturated heterocycles. The number of halogens is 3. The van der Waals surface area contributed by atoms with Crippen molar-refractivity contribution in [3.05, 3.63) is 69.8 Å². The van der Waals surface area contributed by atoms with Crippen molar-refractivity contribution in [1.29, 1.82) is 0 Å². The summed E-state index contributed by atoms with van der Waals surface area (Å²) < 4.78 is 73.2. The summed E-state index contributed by atoms with van der Waals surface area (Å²) in [4.78, 5) is 78.8. The van der Waals surface area contributed by atoms with Gasteiger partial charge in [-0.05, 0) is 31.2 Å². The molecule has 0 saturated carbocycles. The van der Waals surface area contributed by atoms with Crippen LogP contribution >= 0.6 is 15.2 Å². The van der Waals surface area contributed by atoms with Gasteiger partial charge in [-0.15, -0.1) is 0 Å². The molecule has 4 N–H and O–H groups in total. The van der Waals surface area contributed by atoms with E-state index in [4.69, 9.17) is 0 Å². The molecule has 45 heavy (non-hydrogen) atoms. The summed E-state index contributed by atoms with van der Waals surface area (Å²) in [6, 6.07) is 4.01. The number of carbonyl (C=O) groups is 2. The van der Waals surface area contributed by atoms with Crippen molar-refractivity contribution < 1.29 is 56.2 Å². The quantitative estimate of drug-likeness (QED) is 0.209.